The van der Waals surface area contributed by atoms with Gasteiger partial charge in [0.15, 0.2) is 5.78 Å². The van der Waals surface area contributed by atoms with Gasteiger partial charge < -0.3 is 10.3 Å². The number of carbonyl (C=O) groups excluding carboxylic acids is 2. The van der Waals surface area contributed by atoms with E-state index < -0.39 is 0 Å². The fourth-order valence-corrected chi connectivity index (χ4v) is 2.42. The number of aromatic amines is 1. The molecule has 98 valence electrons. The zero-order valence-corrected chi connectivity index (χ0v) is 10.8. The van der Waals surface area contributed by atoms with Gasteiger partial charge in [-0.1, -0.05) is 25.7 Å². The Labute approximate surface area is 107 Å². The van der Waals surface area contributed by atoms with Crippen LogP contribution in [-0.4, -0.2) is 22.7 Å². The topological polar surface area (TPSA) is 62.0 Å². The second kappa shape index (κ2) is 5.85. The molecule has 1 aromatic heterocycles. The van der Waals surface area contributed by atoms with Gasteiger partial charge in [0.2, 0.25) is 0 Å². The summed E-state index contributed by atoms with van der Waals surface area (Å²) in [5.41, 5.74) is 0.963. The van der Waals surface area contributed by atoms with Gasteiger partial charge in [-0.25, -0.2) is 0 Å². The molecule has 1 fully saturated rings. The zero-order chi connectivity index (χ0) is 13.0. The second-order valence-electron chi connectivity index (χ2n) is 5.00. The second-order valence-corrected chi connectivity index (χ2v) is 5.00. The quantitative estimate of drug-likeness (QED) is 0.638. The van der Waals surface area contributed by atoms with E-state index in [0.717, 1.165) is 12.8 Å². The van der Waals surface area contributed by atoms with Gasteiger partial charge in [0.1, 0.15) is 5.69 Å². The Bertz CT molecular complexity index is 429. The van der Waals surface area contributed by atoms with Crippen LogP contribution in [-0.2, 0) is 0 Å². The molecular weight excluding hydrogens is 228 g/mol. The van der Waals surface area contributed by atoms with E-state index in [9.17, 15) is 9.59 Å². The SMILES string of the molecule is CC(=O)c1ccc(C(=O)NC2CCCCCC2)[nH]1. The Morgan fingerprint density at radius 2 is 1.72 bits per heavy atom. The van der Waals surface area contributed by atoms with E-state index >= 15 is 0 Å². The molecule has 0 aliphatic heterocycles. The molecule has 0 radical (unpaired) electrons. The summed E-state index contributed by atoms with van der Waals surface area (Å²) in [7, 11) is 0. The number of rotatable bonds is 3. The highest BCUT2D eigenvalue weighted by molar-refractivity contribution is 5.97. The van der Waals surface area contributed by atoms with Crippen molar-refractivity contribution in [1.82, 2.24) is 10.3 Å². The molecule has 18 heavy (non-hydrogen) atoms. The van der Waals surface area contributed by atoms with Crippen LogP contribution < -0.4 is 5.32 Å². The first kappa shape index (κ1) is 12.9. The first-order valence-corrected chi connectivity index (χ1v) is 6.67. The van der Waals surface area contributed by atoms with Crippen LogP contribution in [0.3, 0.4) is 0 Å². The molecule has 2 N–H and O–H groups in total. The number of nitrogens with one attached hydrogen (secondary N) is 2. The minimum absolute atomic E-state index is 0.0523. The van der Waals surface area contributed by atoms with Crippen LogP contribution in [0, 0.1) is 0 Å². The van der Waals surface area contributed by atoms with E-state index in [1.807, 2.05) is 0 Å². The van der Waals surface area contributed by atoms with E-state index in [1.165, 1.54) is 32.6 Å². The van der Waals surface area contributed by atoms with Crippen molar-refractivity contribution in [2.75, 3.05) is 0 Å². The number of amides is 1. The Kier molecular flexibility index (Phi) is 4.18. The van der Waals surface area contributed by atoms with E-state index in [0.29, 0.717) is 11.4 Å². The summed E-state index contributed by atoms with van der Waals surface area (Å²) in [6, 6.07) is 3.61. The number of carbonyl (C=O) groups is 2. The van der Waals surface area contributed by atoms with Crippen molar-refractivity contribution < 1.29 is 9.59 Å². The highest BCUT2D eigenvalue weighted by Crippen LogP contribution is 2.17. The summed E-state index contributed by atoms with van der Waals surface area (Å²) in [4.78, 5) is 26.0. The molecule has 0 aromatic carbocycles. The van der Waals surface area contributed by atoms with Crippen molar-refractivity contribution in [2.45, 2.75) is 51.5 Å². The summed E-state index contributed by atoms with van der Waals surface area (Å²) < 4.78 is 0. The monoisotopic (exact) mass is 248 g/mol. The molecule has 1 aliphatic carbocycles. The lowest BCUT2D eigenvalue weighted by molar-refractivity contribution is 0.0929. The number of aromatic nitrogens is 1. The molecule has 0 bridgehead atoms. The Hall–Kier alpha value is -1.58. The standard InChI is InChI=1S/C14H20N2O2/c1-10(17)12-8-9-13(16-12)14(18)15-11-6-4-2-3-5-7-11/h8-9,11,16H,2-7H2,1H3,(H,15,18). The first-order valence-electron chi connectivity index (χ1n) is 6.67. The lowest BCUT2D eigenvalue weighted by atomic mass is 10.1. The van der Waals surface area contributed by atoms with Crippen LogP contribution in [0.15, 0.2) is 12.1 Å². The third-order valence-electron chi connectivity index (χ3n) is 3.50. The fourth-order valence-electron chi connectivity index (χ4n) is 2.42. The van der Waals surface area contributed by atoms with Crippen LogP contribution in [0.25, 0.3) is 0 Å². The zero-order valence-electron chi connectivity index (χ0n) is 10.8. The number of hydrogen-bond donors (Lipinski definition) is 2. The highest BCUT2D eigenvalue weighted by atomic mass is 16.2. The van der Waals surface area contributed by atoms with Gasteiger partial charge in [0.05, 0.1) is 5.69 Å². The van der Waals surface area contributed by atoms with Gasteiger partial charge in [-0.2, -0.15) is 0 Å². The van der Waals surface area contributed by atoms with Crippen LogP contribution in [0.5, 0.6) is 0 Å². The molecule has 1 heterocycles. The van der Waals surface area contributed by atoms with Crippen molar-refractivity contribution in [3.05, 3.63) is 23.5 Å². The molecule has 1 aliphatic rings. The molecule has 2 rings (SSSR count). The third-order valence-corrected chi connectivity index (χ3v) is 3.50. The Morgan fingerprint density at radius 3 is 2.28 bits per heavy atom. The normalized spacial score (nSPS) is 17.2. The minimum atomic E-state index is -0.102. The third kappa shape index (κ3) is 3.22. The summed E-state index contributed by atoms with van der Waals surface area (Å²) in [5.74, 6) is -0.155. The molecular formula is C14H20N2O2. The van der Waals surface area contributed by atoms with Crippen LogP contribution in [0.1, 0.15) is 66.4 Å². The van der Waals surface area contributed by atoms with Crippen molar-refractivity contribution in [3.63, 3.8) is 0 Å². The molecule has 0 atom stereocenters. The van der Waals surface area contributed by atoms with E-state index in [1.54, 1.807) is 12.1 Å². The average molecular weight is 248 g/mol. The molecule has 1 amide bonds. The maximum absolute atomic E-state index is 12.0. The van der Waals surface area contributed by atoms with Gasteiger partial charge in [0.25, 0.3) is 5.91 Å². The predicted molar refractivity (Wildman–Crippen MR) is 69.8 cm³/mol. The van der Waals surface area contributed by atoms with Crippen molar-refractivity contribution in [1.29, 1.82) is 0 Å². The van der Waals surface area contributed by atoms with Crippen LogP contribution in [0.2, 0.25) is 0 Å². The number of hydrogen-bond acceptors (Lipinski definition) is 2. The van der Waals surface area contributed by atoms with E-state index in [-0.39, 0.29) is 17.7 Å². The molecule has 0 unspecified atom stereocenters. The highest BCUT2D eigenvalue weighted by Gasteiger charge is 2.17. The predicted octanol–water partition coefficient (Wildman–Crippen LogP) is 2.67. The molecule has 1 saturated carbocycles. The summed E-state index contributed by atoms with van der Waals surface area (Å²) >= 11 is 0. The van der Waals surface area contributed by atoms with Gasteiger partial charge in [-0.05, 0) is 25.0 Å². The Morgan fingerprint density at radius 1 is 1.11 bits per heavy atom. The fraction of sp³-hybridized carbons (Fsp3) is 0.571. The molecule has 0 spiro atoms. The van der Waals surface area contributed by atoms with Gasteiger partial charge in [-0.3, -0.25) is 9.59 Å². The maximum atomic E-state index is 12.0. The first-order chi connectivity index (χ1) is 8.66. The van der Waals surface area contributed by atoms with Crippen LogP contribution in [0.4, 0.5) is 0 Å². The van der Waals surface area contributed by atoms with Gasteiger partial charge in [-0.15, -0.1) is 0 Å². The molecule has 4 nitrogen and oxygen atoms in total. The largest absolute Gasteiger partial charge is 0.348 e. The summed E-state index contributed by atoms with van der Waals surface area (Å²) in [5, 5.41) is 3.05. The minimum Gasteiger partial charge on any atom is -0.348 e. The van der Waals surface area contributed by atoms with E-state index in [2.05, 4.69) is 10.3 Å². The van der Waals surface area contributed by atoms with Gasteiger partial charge in [0, 0.05) is 13.0 Å². The maximum Gasteiger partial charge on any atom is 0.267 e. The lowest BCUT2D eigenvalue weighted by Gasteiger charge is -2.15. The number of ketones is 1. The van der Waals surface area contributed by atoms with Crippen molar-refractivity contribution >= 4 is 11.7 Å². The number of H-pyrrole nitrogens is 1. The smallest absolute Gasteiger partial charge is 0.267 e. The number of Topliss-reactive ketones (excluding diaryl/α,β-unsaturated/α-hetero) is 1. The lowest BCUT2D eigenvalue weighted by Crippen LogP contribution is -2.34. The molecule has 0 saturated heterocycles. The summed E-state index contributed by atoms with van der Waals surface area (Å²) in [6.45, 7) is 1.48. The van der Waals surface area contributed by atoms with Gasteiger partial charge >= 0.3 is 0 Å². The summed E-state index contributed by atoms with van der Waals surface area (Å²) in [6.07, 6.45) is 7.04. The van der Waals surface area contributed by atoms with Crippen molar-refractivity contribution in [2.24, 2.45) is 0 Å². The van der Waals surface area contributed by atoms with Crippen molar-refractivity contribution in [3.8, 4) is 0 Å². The Balaban J connectivity index is 1.95. The average Bonchev–Trinajstić information content (AvgIpc) is 2.70. The van der Waals surface area contributed by atoms with E-state index in [4.69, 9.17) is 0 Å². The van der Waals surface area contributed by atoms with Crippen LogP contribution >= 0.6 is 0 Å². The molecule has 4 heteroatoms. The molecule has 1 aromatic rings.